The zero-order chi connectivity index (χ0) is 16.7. The summed E-state index contributed by atoms with van der Waals surface area (Å²) in [4.78, 5) is 32.3. The van der Waals surface area contributed by atoms with Gasteiger partial charge in [-0.1, -0.05) is 11.6 Å². The molecule has 1 aliphatic heterocycles. The smallest absolute Gasteiger partial charge is 0.367 e. The Bertz CT molecular complexity index is 658. The molecule has 2 rings (SSSR count). The maximum atomic E-state index is 11.0. The molecule has 0 radical (unpaired) electrons. The Labute approximate surface area is 128 Å². The van der Waals surface area contributed by atoms with E-state index in [1.165, 1.54) is 0 Å². The summed E-state index contributed by atoms with van der Waals surface area (Å²) in [6.07, 6.45) is -3.70. The normalized spacial score (nSPS) is 29.8. The second-order valence-electron chi connectivity index (χ2n) is 4.42. The molecule has 1 fully saturated rings. The number of primary amides is 1. The molecule has 0 saturated carbocycles. The van der Waals surface area contributed by atoms with Crippen LogP contribution in [0.3, 0.4) is 0 Å². The molecule has 1 amide bonds. The molecule has 0 aliphatic carbocycles. The van der Waals surface area contributed by atoms with Crippen LogP contribution in [-0.4, -0.2) is 59.0 Å². The van der Waals surface area contributed by atoms with Crippen LogP contribution in [0.25, 0.3) is 0 Å². The highest BCUT2D eigenvalue weighted by atomic mass is 35.5. The third-order valence-corrected chi connectivity index (χ3v) is 4.34. The highest BCUT2D eigenvalue weighted by Gasteiger charge is 2.44. The summed E-state index contributed by atoms with van der Waals surface area (Å²) >= 11 is 5.42. The highest BCUT2D eigenvalue weighted by Crippen LogP contribution is 2.48. The van der Waals surface area contributed by atoms with E-state index in [1.54, 1.807) is 0 Å². The molecule has 22 heavy (non-hydrogen) atoms. The summed E-state index contributed by atoms with van der Waals surface area (Å²) in [7, 11) is -4.70. The zero-order valence-corrected chi connectivity index (χ0v) is 12.4. The van der Waals surface area contributed by atoms with Gasteiger partial charge in [-0.05, 0) is 6.08 Å². The number of hydrogen-bond donors (Lipinski definition) is 5. The number of ether oxygens (including phenoxy) is 1. The van der Waals surface area contributed by atoms with Crippen molar-refractivity contribution in [2.45, 2.75) is 24.5 Å². The molecule has 4 atom stereocenters. The van der Waals surface area contributed by atoms with Gasteiger partial charge in [-0.15, -0.1) is 5.10 Å². The van der Waals surface area contributed by atoms with Crippen molar-refractivity contribution < 1.29 is 34.1 Å². The third kappa shape index (κ3) is 3.36. The molecule has 0 spiro atoms. The molecular formula is C9H12ClN4O7P. The van der Waals surface area contributed by atoms with Gasteiger partial charge in [-0.3, -0.25) is 9.36 Å². The molecular weight excluding hydrogens is 343 g/mol. The van der Waals surface area contributed by atoms with Gasteiger partial charge in [0, 0.05) is 0 Å². The van der Waals surface area contributed by atoms with E-state index in [4.69, 9.17) is 31.9 Å². The summed E-state index contributed by atoms with van der Waals surface area (Å²) in [5, 5.41) is 23.4. The lowest BCUT2D eigenvalue weighted by Crippen LogP contribution is -2.31. The summed E-state index contributed by atoms with van der Waals surface area (Å²) in [5.41, 5.74) is 4.99. The number of aliphatic hydroxyl groups is 2. The van der Waals surface area contributed by atoms with E-state index in [0.29, 0.717) is 0 Å². The first-order valence-corrected chi connectivity index (χ1v) is 7.76. The van der Waals surface area contributed by atoms with Crippen molar-refractivity contribution in [3.8, 4) is 0 Å². The SMILES string of the molecule is NC(=O)c1ncn(C2O[C@H](/C=C(\Cl)P(=O)(O)O)[C@@H](O)[C@H]2O)n1. The van der Waals surface area contributed by atoms with E-state index < -0.39 is 42.8 Å². The number of carbonyl (C=O) groups excluding carboxylic acids is 1. The number of amides is 1. The molecule has 6 N–H and O–H groups in total. The van der Waals surface area contributed by atoms with Crippen molar-refractivity contribution in [3.05, 3.63) is 23.0 Å². The fraction of sp³-hybridized carbons (Fsp3) is 0.444. The summed E-state index contributed by atoms with van der Waals surface area (Å²) in [5.74, 6) is -1.22. The monoisotopic (exact) mass is 354 g/mol. The van der Waals surface area contributed by atoms with Crippen molar-refractivity contribution in [3.63, 3.8) is 0 Å². The Balaban J connectivity index is 2.23. The Morgan fingerprint density at radius 2 is 2.09 bits per heavy atom. The van der Waals surface area contributed by atoms with Crippen LogP contribution >= 0.6 is 19.2 Å². The molecule has 0 aromatic carbocycles. The second-order valence-corrected chi connectivity index (χ2v) is 6.66. The lowest BCUT2D eigenvalue weighted by atomic mass is 10.1. The van der Waals surface area contributed by atoms with Gasteiger partial charge in [0.2, 0.25) is 5.82 Å². The number of halogens is 1. The number of hydrogen-bond acceptors (Lipinski definition) is 7. The number of carbonyl (C=O) groups is 1. The number of rotatable bonds is 4. The Morgan fingerprint density at radius 1 is 1.45 bits per heavy atom. The van der Waals surface area contributed by atoms with E-state index in [-0.39, 0.29) is 5.82 Å². The van der Waals surface area contributed by atoms with Gasteiger partial charge < -0.3 is 30.5 Å². The molecule has 1 aliphatic rings. The average Bonchev–Trinajstić information content (AvgIpc) is 2.98. The first-order valence-electron chi connectivity index (χ1n) is 5.77. The molecule has 0 bridgehead atoms. The lowest BCUT2D eigenvalue weighted by Gasteiger charge is -2.13. The maximum absolute atomic E-state index is 11.0. The molecule has 11 nitrogen and oxygen atoms in total. The average molecular weight is 355 g/mol. The van der Waals surface area contributed by atoms with Crippen molar-refractivity contribution in [1.29, 1.82) is 0 Å². The predicted molar refractivity (Wildman–Crippen MR) is 70.4 cm³/mol. The standard InChI is InChI=1S/C9H12ClN4O7P/c10-4(22(18,19)20)1-3-5(15)6(16)9(21-3)14-2-12-8(13-14)7(11)17/h1-3,5-6,9,15-16H,(H2,11,17)(H2,18,19,20)/b4-1+/t3-,5-,6-,9?/m1/s1. The number of nitrogens with two attached hydrogens (primary N) is 1. The minimum absolute atomic E-state index is 0.322. The van der Waals surface area contributed by atoms with Crippen LogP contribution < -0.4 is 5.73 Å². The third-order valence-electron chi connectivity index (χ3n) is 2.84. The van der Waals surface area contributed by atoms with Gasteiger partial charge in [0.1, 0.15) is 29.4 Å². The van der Waals surface area contributed by atoms with Crippen LogP contribution in [-0.2, 0) is 9.30 Å². The fourth-order valence-corrected chi connectivity index (χ4v) is 2.25. The van der Waals surface area contributed by atoms with E-state index in [9.17, 15) is 19.6 Å². The van der Waals surface area contributed by atoms with E-state index in [2.05, 4.69) is 10.1 Å². The predicted octanol–water partition coefficient (Wildman–Crippen LogP) is -1.75. The summed E-state index contributed by atoms with van der Waals surface area (Å²) in [6, 6.07) is 0. The molecule has 2 heterocycles. The van der Waals surface area contributed by atoms with E-state index >= 15 is 0 Å². The summed E-state index contributed by atoms with van der Waals surface area (Å²) in [6.45, 7) is 0. The van der Waals surface area contributed by atoms with Crippen molar-refractivity contribution in [2.24, 2.45) is 5.73 Å². The fourth-order valence-electron chi connectivity index (χ4n) is 1.78. The zero-order valence-electron chi connectivity index (χ0n) is 10.7. The quantitative estimate of drug-likeness (QED) is 0.392. The van der Waals surface area contributed by atoms with Gasteiger partial charge in [-0.2, -0.15) is 0 Å². The van der Waals surface area contributed by atoms with Gasteiger partial charge in [0.15, 0.2) is 6.23 Å². The molecule has 1 saturated heterocycles. The molecule has 122 valence electrons. The molecule has 1 unspecified atom stereocenters. The summed E-state index contributed by atoms with van der Waals surface area (Å²) < 4.78 is 16.3. The number of nitrogens with zero attached hydrogens (tertiary/aromatic N) is 3. The van der Waals surface area contributed by atoms with Crippen molar-refractivity contribution >= 4 is 25.1 Å². The van der Waals surface area contributed by atoms with Crippen LogP contribution in [0.2, 0.25) is 0 Å². The van der Waals surface area contributed by atoms with Gasteiger partial charge in [0.05, 0.1) is 0 Å². The highest BCUT2D eigenvalue weighted by molar-refractivity contribution is 7.59. The second kappa shape index (κ2) is 6.05. The Kier molecular flexibility index (Phi) is 4.68. The topological polar surface area (TPSA) is 181 Å². The van der Waals surface area contributed by atoms with Crippen molar-refractivity contribution in [1.82, 2.24) is 14.8 Å². The maximum Gasteiger partial charge on any atom is 0.367 e. The minimum atomic E-state index is -4.70. The lowest BCUT2D eigenvalue weighted by molar-refractivity contribution is -0.0347. The van der Waals surface area contributed by atoms with E-state index in [1.807, 2.05) is 0 Å². The number of aliphatic hydroxyl groups excluding tert-OH is 2. The molecule has 1 aromatic heterocycles. The molecule has 13 heteroatoms. The van der Waals surface area contributed by atoms with Crippen LogP contribution in [0.15, 0.2) is 17.2 Å². The van der Waals surface area contributed by atoms with Gasteiger partial charge in [0.25, 0.3) is 5.91 Å². The van der Waals surface area contributed by atoms with E-state index in [0.717, 1.165) is 17.1 Å². The minimum Gasteiger partial charge on any atom is -0.387 e. The van der Waals surface area contributed by atoms with Crippen LogP contribution in [0.5, 0.6) is 0 Å². The van der Waals surface area contributed by atoms with Crippen LogP contribution in [0.4, 0.5) is 0 Å². The largest absolute Gasteiger partial charge is 0.387 e. The first-order chi connectivity index (χ1) is 10.1. The van der Waals surface area contributed by atoms with Crippen molar-refractivity contribution in [2.75, 3.05) is 0 Å². The van der Waals surface area contributed by atoms with Gasteiger partial charge >= 0.3 is 7.60 Å². The first kappa shape index (κ1) is 17.0. The van der Waals surface area contributed by atoms with Crippen LogP contribution in [0, 0.1) is 0 Å². The van der Waals surface area contributed by atoms with Gasteiger partial charge in [-0.25, -0.2) is 9.67 Å². The molecule has 1 aromatic rings. The Hall–Kier alpha value is -1.33. The number of aromatic nitrogens is 3. The Morgan fingerprint density at radius 3 is 2.59 bits per heavy atom. The van der Waals surface area contributed by atoms with Crippen LogP contribution in [0.1, 0.15) is 16.8 Å².